The molecular formula is C10H23N3. The topological polar surface area (TPSA) is 50.4 Å². The van der Waals surface area contributed by atoms with E-state index in [4.69, 9.17) is 5.73 Å². The zero-order valence-corrected chi connectivity index (χ0v) is 9.30. The zero-order chi connectivity index (χ0) is 10.3. The zero-order valence-electron chi connectivity index (χ0n) is 9.30. The molecule has 0 saturated heterocycles. The standard InChI is InChI=1S/C10H23N3/c1-5-8(3)7-9(4)13-10(11)12-6-2/h8-9H,5-7H2,1-4H3,(H3,11,12,13). The van der Waals surface area contributed by atoms with Gasteiger partial charge in [-0.15, -0.1) is 0 Å². The number of rotatable bonds is 5. The molecule has 0 fully saturated rings. The third kappa shape index (κ3) is 6.43. The van der Waals surface area contributed by atoms with Gasteiger partial charge < -0.3 is 11.1 Å². The molecule has 3 N–H and O–H groups in total. The van der Waals surface area contributed by atoms with Gasteiger partial charge in [-0.25, -0.2) is 0 Å². The Hall–Kier alpha value is -0.730. The number of nitrogens with zero attached hydrogens (tertiary/aromatic N) is 1. The van der Waals surface area contributed by atoms with Crippen LogP contribution in [0.1, 0.15) is 40.5 Å². The number of hydrogen-bond acceptors (Lipinski definition) is 1. The molecule has 13 heavy (non-hydrogen) atoms. The van der Waals surface area contributed by atoms with Gasteiger partial charge in [-0.2, -0.15) is 0 Å². The molecule has 3 heteroatoms. The Bertz CT molecular complexity index is 154. The van der Waals surface area contributed by atoms with Gasteiger partial charge in [-0.05, 0) is 26.2 Å². The average molecular weight is 185 g/mol. The van der Waals surface area contributed by atoms with Crippen LogP contribution in [0.15, 0.2) is 4.99 Å². The van der Waals surface area contributed by atoms with Crippen molar-refractivity contribution in [1.29, 1.82) is 0 Å². The highest BCUT2D eigenvalue weighted by atomic mass is 15.1. The Kier molecular flexibility index (Phi) is 6.37. The summed E-state index contributed by atoms with van der Waals surface area (Å²) in [7, 11) is 0. The van der Waals surface area contributed by atoms with Gasteiger partial charge in [0.2, 0.25) is 0 Å². The molecule has 0 aromatic rings. The first kappa shape index (κ1) is 12.3. The summed E-state index contributed by atoms with van der Waals surface area (Å²) in [6.07, 6.45) is 2.37. The Balaban J connectivity index is 3.73. The largest absolute Gasteiger partial charge is 0.370 e. The molecule has 0 aliphatic heterocycles. The van der Waals surface area contributed by atoms with E-state index in [1.807, 2.05) is 6.92 Å². The maximum atomic E-state index is 5.64. The summed E-state index contributed by atoms with van der Waals surface area (Å²) in [4.78, 5) is 4.08. The van der Waals surface area contributed by atoms with Gasteiger partial charge in [-0.1, -0.05) is 20.3 Å². The highest BCUT2D eigenvalue weighted by Crippen LogP contribution is 2.08. The minimum absolute atomic E-state index is 0.422. The van der Waals surface area contributed by atoms with Gasteiger partial charge in [0.15, 0.2) is 5.96 Å². The number of aliphatic imine (C=N–C) groups is 1. The van der Waals surface area contributed by atoms with Gasteiger partial charge in [0, 0.05) is 12.6 Å². The van der Waals surface area contributed by atoms with E-state index < -0.39 is 0 Å². The minimum atomic E-state index is 0.422. The van der Waals surface area contributed by atoms with E-state index in [1.165, 1.54) is 6.42 Å². The van der Waals surface area contributed by atoms with E-state index in [0.717, 1.165) is 18.9 Å². The Labute approximate surface area is 81.8 Å². The van der Waals surface area contributed by atoms with Crippen molar-refractivity contribution in [2.24, 2.45) is 16.6 Å². The molecule has 0 spiro atoms. The van der Waals surface area contributed by atoms with Crippen molar-refractivity contribution in [1.82, 2.24) is 5.32 Å². The van der Waals surface area contributed by atoms with Crippen LogP contribution in [0, 0.1) is 5.92 Å². The van der Waals surface area contributed by atoms with Crippen LogP contribution in [0.4, 0.5) is 0 Å². The summed E-state index contributed by atoms with van der Waals surface area (Å²) in [5, 5.41) is 3.17. The van der Waals surface area contributed by atoms with Crippen molar-refractivity contribution in [3.05, 3.63) is 0 Å². The fourth-order valence-electron chi connectivity index (χ4n) is 1.30. The first-order valence-electron chi connectivity index (χ1n) is 5.16. The second-order valence-electron chi connectivity index (χ2n) is 3.65. The number of hydrogen-bond donors (Lipinski definition) is 2. The maximum Gasteiger partial charge on any atom is 0.188 e. The van der Waals surface area contributed by atoms with Crippen LogP contribution in [0.25, 0.3) is 0 Å². The van der Waals surface area contributed by atoms with Crippen LogP contribution in [-0.2, 0) is 0 Å². The summed E-state index contributed by atoms with van der Waals surface area (Å²) in [6.45, 7) is 9.33. The van der Waals surface area contributed by atoms with Crippen molar-refractivity contribution in [2.45, 2.75) is 46.6 Å². The molecule has 0 aliphatic carbocycles. The van der Waals surface area contributed by atoms with Crippen LogP contribution in [0.2, 0.25) is 0 Å². The Morgan fingerprint density at radius 1 is 1.38 bits per heavy atom. The fraction of sp³-hybridized carbons (Fsp3) is 0.900. The molecule has 0 radical (unpaired) electrons. The van der Waals surface area contributed by atoms with Gasteiger partial charge in [-0.3, -0.25) is 4.99 Å². The first-order chi connectivity index (χ1) is 6.10. The number of nitrogens with one attached hydrogen (secondary N) is 1. The lowest BCUT2D eigenvalue weighted by Gasteiger charge is -2.17. The van der Waals surface area contributed by atoms with Gasteiger partial charge in [0.1, 0.15) is 0 Å². The number of guanidine groups is 1. The van der Waals surface area contributed by atoms with E-state index in [2.05, 4.69) is 31.1 Å². The SMILES string of the molecule is CCN=C(N)NC(C)CC(C)CC. The van der Waals surface area contributed by atoms with Crippen molar-refractivity contribution >= 4 is 5.96 Å². The van der Waals surface area contributed by atoms with Crippen LogP contribution >= 0.6 is 0 Å². The molecule has 0 aromatic carbocycles. The van der Waals surface area contributed by atoms with E-state index in [1.54, 1.807) is 0 Å². The second-order valence-corrected chi connectivity index (χ2v) is 3.65. The third-order valence-electron chi connectivity index (χ3n) is 2.18. The molecule has 0 aliphatic rings. The first-order valence-corrected chi connectivity index (χ1v) is 5.16. The minimum Gasteiger partial charge on any atom is -0.370 e. The van der Waals surface area contributed by atoms with Crippen LogP contribution in [-0.4, -0.2) is 18.5 Å². The normalized spacial score (nSPS) is 16.8. The summed E-state index contributed by atoms with van der Waals surface area (Å²) in [5.41, 5.74) is 5.64. The molecule has 0 amide bonds. The lowest BCUT2D eigenvalue weighted by molar-refractivity contribution is 0.447. The quantitative estimate of drug-likeness (QED) is 0.506. The molecule has 2 atom stereocenters. The van der Waals surface area contributed by atoms with Crippen molar-refractivity contribution in [3.8, 4) is 0 Å². The van der Waals surface area contributed by atoms with E-state index >= 15 is 0 Å². The molecule has 0 rings (SSSR count). The monoisotopic (exact) mass is 185 g/mol. The highest BCUT2D eigenvalue weighted by Gasteiger charge is 2.06. The third-order valence-corrected chi connectivity index (χ3v) is 2.18. The summed E-state index contributed by atoms with van der Waals surface area (Å²) >= 11 is 0. The summed E-state index contributed by atoms with van der Waals surface area (Å²) in [5.74, 6) is 1.32. The molecule has 3 nitrogen and oxygen atoms in total. The molecule has 2 unspecified atom stereocenters. The maximum absolute atomic E-state index is 5.64. The van der Waals surface area contributed by atoms with Crippen LogP contribution in [0.5, 0.6) is 0 Å². The summed E-state index contributed by atoms with van der Waals surface area (Å²) in [6, 6.07) is 0.422. The molecule has 0 heterocycles. The molecule has 0 bridgehead atoms. The second kappa shape index (κ2) is 6.75. The number of nitrogens with two attached hydrogens (primary N) is 1. The lowest BCUT2D eigenvalue weighted by Crippen LogP contribution is -2.39. The van der Waals surface area contributed by atoms with Crippen LogP contribution in [0.3, 0.4) is 0 Å². The van der Waals surface area contributed by atoms with E-state index in [-0.39, 0.29) is 0 Å². The van der Waals surface area contributed by atoms with Crippen molar-refractivity contribution in [3.63, 3.8) is 0 Å². The highest BCUT2D eigenvalue weighted by molar-refractivity contribution is 5.78. The molecule has 78 valence electrons. The Morgan fingerprint density at radius 3 is 2.46 bits per heavy atom. The average Bonchev–Trinajstić information content (AvgIpc) is 2.04. The van der Waals surface area contributed by atoms with Crippen molar-refractivity contribution in [2.75, 3.05) is 6.54 Å². The predicted molar refractivity (Wildman–Crippen MR) is 58.8 cm³/mol. The smallest absolute Gasteiger partial charge is 0.188 e. The van der Waals surface area contributed by atoms with Gasteiger partial charge in [0.25, 0.3) is 0 Å². The van der Waals surface area contributed by atoms with Crippen LogP contribution < -0.4 is 11.1 Å². The van der Waals surface area contributed by atoms with Gasteiger partial charge >= 0.3 is 0 Å². The van der Waals surface area contributed by atoms with Crippen molar-refractivity contribution < 1.29 is 0 Å². The molecule has 0 saturated carbocycles. The lowest BCUT2D eigenvalue weighted by atomic mass is 10.0. The van der Waals surface area contributed by atoms with Gasteiger partial charge in [0.05, 0.1) is 0 Å². The van der Waals surface area contributed by atoms with E-state index in [9.17, 15) is 0 Å². The Morgan fingerprint density at radius 2 is 2.00 bits per heavy atom. The predicted octanol–water partition coefficient (Wildman–Crippen LogP) is 1.74. The fourth-order valence-corrected chi connectivity index (χ4v) is 1.30. The molecular weight excluding hydrogens is 162 g/mol. The summed E-state index contributed by atoms with van der Waals surface area (Å²) < 4.78 is 0. The molecule has 0 aromatic heterocycles. The van der Waals surface area contributed by atoms with E-state index in [0.29, 0.717) is 12.0 Å².